The molecule has 4 fully saturated rings. The maximum absolute atomic E-state index is 2.95. The van der Waals surface area contributed by atoms with E-state index in [1.165, 1.54) is 110 Å². The molecule has 1 heterocycles. The average Bonchev–Trinajstić information content (AvgIpc) is 3.39. The van der Waals surface area contributed by atoms with Gasteiger partial charge in [0.15, 0.2) is 0 Å². The molecule has 5 rings (SSSR count). The van der Waals surface area contributed by atoms with E-state index < -0.39 is 0 Å². The molecule has 4 aliphatic carbocycles. The monoisotopic (exact) mass is 452 g/mol. The van der Waals surface area contributed by atoms with Crippen molar-refractivity contribution in [2.75, 3.05) is 26.2 Å². The fourth-order valence-electron chi connectivity index (χ4n) is 9.23. The van der Waals surface area contributed by atoms with Gasteiger partial charge in [-0.25, -0.2) is 0 Å². The van der Waals surface area contributed by atoms with Gasteiger partial charge in [-0.2, -0.15) is 0 Å². The standard InChI is InChI=1S/C31H52N2/c1-3-18-32-20-11-21-33(19-4-2)31-23-25-13-6-8-15-27(25)29(31)17-10-9-16-28-26-14-7-5-12-24(26)22-30(28)32/h9-10,16-17,24-31H,3-8,11-15,18-23H2,1-2H3/b16-9+,17-10+/t24-,25?,26?,27+,28-,29-,30?,31+/m1/s1. The van der Waals surface area contributed by atoms with Gasteiger partial charge in [0.2, 0.25) is 0 Å². The van der Waals surface area contributed by atoms with Crippen LogP contribution in [0, 0.1) is 35.5 Å². The van der Waals surface area contributed by atoms with E-state index in [0.717, 1.165) is 47.6 Å². The Morgan fingerprint density at radius 3 is 1.52 bits per heavy atom. The Balaban J connectivity index is 1.41. The molecule has 0 amide bonds. The van der Waals surface area contributed by atoms with E-state index in [1.54, 1.807) is 0 Å². The first-order chi connectivity index (χ1) is 16.3. The fourth-order valence-corrected chi connectivity index (χ4v) is 9.23. The molecule has 0 aromatic carbocycles. The molecule has 33 heavy (non-hydrogen) atoms. The van der Waals surface area contributed by atoms with Crippen molar-refractivity contribution >= 4 is 0 Å². The van der Waals surface area contributed by atoms with E-state index in [2.05, 4.69) is 48.0 Å². The van der Waals surface area contributed by atoms with E-state index in [4.69, 9.17) is 0 Å². The Labute approximate surface area is 205 Å². The van der Waals surface area contributed by atoms with Gasteiger partial charge in [0.05, 0.1) is 0 Å². The molecule has 0 spiro atoms. The summed E-state index contributed by atoms with van der Waals surface area (Å²) in [6.07, 6.45) is 29.2. The smallest absolute Gasteiger partial charge is 0.0164 e. The van der Waals surface area contributed by atoms with Crippen molar-refractivity contribution < 1.29 is 0 Å². The molecule has 5 aliphatic rings. The summed E-state index contributed by atoms with van der Waals surface area (Å²) < 4.78 is 0. The molecule has 3 unspecified atom stereocenters. The predicted octanol–water partition coefficient (Wildman–Crippen LogP) is 7.32. The first-order valence-electron chi connectivity index (χ1n) is 15.1. The van der Waals surface area contributed by atoms with Gasteiger partial charge in [0, 0.05) is 12.1 Å². The van der Waals surface area contributed by atoms with Crippen LogP contribution < -0.4 is 0 Å². The third-order valence-corrected chi connectivity index (χ3v) is 10.5. The molecule has 2 heteroatoms. The maximum Gasteiger partial charge on any atom is 0.0164 e. The summed E-state index contributed by atoms with van der Waals surface area (Å²) in [4.78, 5) is 5.90. The molecule has 0 aromatic heterocycles. The van der Waals surface area contributed by atoms with E-state index in [1.807, 2.05) is 0 Å². The van der Waals surface area contributed by atoms with Crippen molar-refractivity contribution in [1.82, 2.24) is 9.80 Å². The second-order valence-electron chi connectivity index (χ2n) is 12.4. The van der Waals surface area contributed by atoms with Crippen LogP contribution in [0.5, 0.6) is 0 Å². The quantitative estimate of drug-likeness (QED) is 0.441. The van der Waals surface area contributed by atoms with Gasteiger partial charge in [-0.05, 0) is 107 Å². The van der Waals surface area contributed by atoms with Crippen molar-refractivity contribution in [1.29, 1.82) is 0 Å². The molecule has 4 saturated carbocycles. The van der Waals surface area contributed by atoms with Gasteiger partial charge in [0.1, 0.15) is 0 Å². The second-order valence-corrected chi connectivity index (χ2v) is 12.4. The van der Waals surface area contributed by atoms with Gasteiger partial charge >= 0.3 is 0 Å². The maximum atomic E-state index is 2.95. The summed E-state index contributed by atoms with van der Waals surface area (Å²) in [5.74, 6) is 5.48. The van der Waals surface area contributed by atoms with Crippen LogP contribution in [0.1, 0.15) is 97.3 Å². The lowest BCUT2D eigenvalue weighted by molar-refractivity contribution is 0.130. The van der Waals surface area contributed by atoms with Crippen LogP contribution >= 0.6 is 0 Å². The van der Waals surface area contributed by atoms with Gasteiger partial charge in [-0.15, -0.1) is 0 Å². The van der Waals surface area contributed by atoms with Crippen LogP contribution in [-0.4, -0.2) is 48.1 Å². The summed E-state index contributed by atoms with van der Waals surface area (Å²) in [5, 5.41) is 0. The Kier molecular flexibility index (Phi) is 8.35. The predicted molar refractivity (Wildman–Crippen MR) is 141 cm³/mol. The summed E-state index contributed by atoms with van der Waals surface area (Å²) in [6.45, 7) is 10.0. The van der Waals surface area contributed by atoms with Gasteiger partial charge in [-0.1, -0.05) is 76.7 Å². The molecule has 8 atom stereocenters. The Hall–Kier alpha value is -0.600. The number of nitrogens with zero attached hydrogens (tertiary/aromatic N) is 2. The lowest BCUT2D eigenvalue weighted by atomic mass is 9.77. The van der Waals surface area contributed by atoms with Gasteiger partial charge in [0.25, 0.3) is 0 Å². The van der Waals surface area contributed by atoms with Crippen LogP contribution in [-0.2, 0) is 0 Å². The van der Waals surface area contributed by atoms with E-state index in [9.17, 15) is 0 Å². The first-order valence-corrected chi connectivity index (χ1v) is 15.1. The zero-order valence-electron chi connectivity index (χ0n) is 21.8. The highest BCUT2D eigenvalue weighted by Gasteiger charge is 2.46. The average molecular weight is 453 g/mol. The summed E-state index contributed by atoms with van der Waals surface area (Å²) in [6, 6.07) is 1.59. The molecule has 0 saturated heterocycles. The van der Waals surface area contributed by atoms with Crippen molar-refractivity contribution in [3.63, 3.8) is 0 Å². The van der Waals surface area contributed by atoms with Crippen molar-refractivity contribution in [3.05, 3.63) is 24.3 Å². The number of hydrogen-bond donors (Lipinski definition) is 0. The summed E-state index contributed by atoms with van der Waals surface area (Å²) in [7, 11) is 0. The number of fused-ring (bicyclic) bond motifs is 6. The minimum atomic E-state index is 0.792. The lowest BCUT2D eigenvalue weighted by Gasteiger charge is -2.36. The number of hydrogen-bond acceptors (Lipinski definition) is 2. The van der Waals surface area contributed by atoms with Crippen molar-refractivity contribution in [3.8, 4) is 0 Å². The molecule has 1 aliphatic heterocycles. The van der Waals surface area contributed by atoms with Gasteiger partial charge in [-0.3, -0.25) is 9.80 Å². The van der Waals surface area contributed by atoms with E-state index in [0.29, 0.717) is 0 Å². The second kappa shape index (κ2) is 11.4. The summed E-state index contributed by atoms with van der Waals surface area (Å²) in [5.41, 5.74) is 0. The molecule has 186 valence electrons. The minimum Gasteiger partial charge on any atom is -0.300 e. The number of allylic oxidation sites excluding steroid dienone is 2. The fraction of sp³-hybridized carbons (Fsp3) is 0.871. The highest BCUT2D eigenvalue weighted by atomic mass is 15.2. The van der Waals surface area contributed by atoms with Crippen LogP contribution in [0.3, 0.4) is 0 Å². The zero-order chi connectivity index (χ0) is 22.6. The Morgan fingerprint density at radius 1 is 0.606 bits per heavy atom. The highest BCUT2D eigenvalue weighted by Crippen LogP contribution is 2.50. The minimum absolute atomic E-state index is 0.792. The largest absolute Gasteiger partial charge is 0.300 e. The Morgan fingerprint density at radius 2 is 1.06 bits per heavy atom. The molecule has 0 radical (unpaired) electrons. The zero-order valence-corrected chi connectivity index (χ0v) is 21.8. The van der Waals surface area contributed by atoms with Crippen molar-refractivity contribution in [2.24, 2.45) is 35.5 Å². The van der Waals surface area contributed by atoms with Crippen LogP contribution in [0.2, 0.25) is 0 Å². The third-order valence-electron chi connectivity index (χ3n) is 10.5. The van der Waals surface area contributed by atoms with Crippen LogP contribution in [0.15, 0.2) is 24.3 Å². The SMILES string of the molecule is CCCN1CCCN(CCC)[C@H]2CC3CCCC[C@@H]3[C@H]2/C=C/C=C/[C@@H]2C3CCCC[C@@H]3CC21. The highest BCUT2D eigenvalue weighted by molar-refractivity contribution is 5.15. The normalized spacial score (nSPS) is 44.4. The van der Waals surface area contributed by atoms with E-state index in [-0.39, 0.29) is 0 Å². The molecule has 0 N–H and O–H groups in total. The van der Waals surface area contributed by atoms with Crippen LogP contribution in [0.25, 0.3) is 0 Å². The molecule has 0 aromatic rings. The molecular weight excluding hydrogens is 400 g/mol. The lowest BCUT2D eigenvalue weighted by Crippen LogP contribution is -2.43. The molecule has 2 nitrogen and oxygen atoms in total. The van der Waals surface area contributed by atoms with Crippen LogP contribution in [0.4, 0.5) is 0 Å². The molecular formula is C31H52N2. The number of rotatable bonds is 4. The summed E-state index contributed by atoms with van der Waals surface area (Å²) >= 11 is 0. The Bertz CT molecular complexity index is 612. The van der Waals surface area contributed by atoms with Crippen molar-refractivity contribution in [2.45, 2.75) is 109 Å². The van der Waals surface area contributed by atoms with Gasteiger partial charge < -0.3 is 0 Å². The third kappa shape index (κ3) is 5.18. The topological polar surface area (TPSA) is 6.48 Å². The van der Waals surface area contributed by atoms with E-state index >= 15 is 0 Å². The first kappa shape index (κ1) is 24.1. The molecule has 0 bridgehead atoms.